The van der Waals surface area contributed by atoms with Gasteiger partial charge < -0.3 is 14.6 Å². The summed E-state index contributed by atoms with van der Waals surface area (Å²) in [7, 11) is 2.05. The fraction of sp³-hybridized carbons (Fsp3) is 0.182. The van der Waals surface area contributed by atoms with E-state index >= 15 is 0 Å². The van der Waals surface area contributed by atoms with Crippen LogP contribution in [-0.4, -0.2) is 37.8 Å². The lowest BCUT2D eigenvalue weighted by Crippen LogP contribution is -2.43. The normalized spacial score (nSPS) is 16.3. The van der Waals surface area contributed by atoms with Crippen molar-refractivity contribution in [1.29, 1.82) is 0 Å². The number of para-hydroxylation sites is 1. The average Bonchev–Trinajstić information content (AvgIpc) is 3.21. The minimum absolute atomic E-state index is 0.0585. The van der Waals surface area contributed by atoms with Gasteiger partial charge in [-0.25, -0.2) is 0 Å². The Kier molecular flexibility index (Phi) is 4.75. The van der Waals surface area contributed by atoms with Gasteiger partial charge in [0.15, 0.2) is 0 Å². The number of hydrogen-bond acceptors (Lipinski definition) is 4. The van der Waals surface area contributed by atoms with Crippen LogP contribution in [0.25, 0.3) is 0 Å². The Morgan fingerprint density at radius 2 is 1.93 bits per heavy atom. The molecule has 0 aliphatic carbocycles. The highest BCUT2D eigenvalue weighted by Crippen LogP contribution is 2.27. The summed E-state index contributed by atoms with van der Waals surface area (Å²) in [5.74, 6) is -0.137. The minimum atomic E-state index is -0.137. The van der Waals surface area contributed by atoms with Crippen LogP contribution in [-0.2, 0) is 0 Å². The number of carbonyl (C=O) groups excluding carboxylic acids is 1. The van der Waals surface area contributed by atoms with Crippen LogP contribution >= 0.6 is 0 Å². The zero-order valence-corrected chi connectivity index (χ0v) is 15.1. The van der Waals surface area contributed by atoms with E-state index in [9.17, 15) is 4.79 Å². The van der Waals surface area contributed by atoms with Crippen LogP contribution in [0.15, 0.2) is 82.6 Å². The summed E-state index contributed by atoms with van der Waals surface area (Å²) in [6, 6.07) is 20.2. The van der Waals surface area contributed by atoms with E-state index in [-0.39, 0.29) is 11.9 Å². The van der Waals surface area contributed by atoms with Crippen LogP contribution < -0.4 is 10.2 Å². The summed E-state index contributed by atoms with van der Waals surface area (Å²) >= 11 is 0. The van der Waals surface area contributed by atoms with Crippen molar-refractivity contribution in [1.82, 2.24) is 5.32 Å². The molecular weight excluding hydrogens is 338 g/mol. The first kappa shape index (κ1) is 17.1. The Morgan fingerprint density at radius 3 is 2.70 bits per heavy atom. The maximum Gasteiger partial charge on any atom is 0.254 e. The van der Waals surface area contributed by atoms with Crippen molar-refractivity contribution in [3.63, 3.8) is 0 Å². The SMILES string of the molecule is CN1c2ccccc2C(c2ccccc2)=NCC1CNC(=O)c1ccoc1. The van der Waals surface area contributed by atoms with Crippen molar-refractivity contribution in [2.24, 2.45) is 4.99 Å². The lowest BCUT2D eigenvalue weighted by atomic mass is 10.0. The Bertz CT molecular complexity index is 949. The van der Waals surface area contributed by atoms with Crippen molar-refractivity contribution >= 4 is 17.3 Å². The van der Waals surface area contributed by atoms with Gasteiger partial charge in [0, 0.05) is 30.4 Å². The highest BCUT2D eigenvalue weighted by molar-refractivity contribution is 6.16. The van der Waals surface area contributed by atoms with E-state index < -0.39 is 0 Å². The van der Waals surface area contributed by atoms with Gasteiger partial charge in [-0.2, -0.15) is 0 Å². The summed E-state index contributed by atoms with van der Waals surface area (Å²) in [5.41, 5.74) is 4.83. The van der Waals surface area contributed by atoms with Gasteiger partial charge in [0.1, 0.15) is 6.26 Å². The molecule has 4 rings (SSSR count). The lowest BCUT2D eigenvalue weighted by Gasteiger charge is -2.28. The molecule has 5 nitrogen and oxygen atoms in total. The quantitative estimate of drug-likeness (QED) is 0.777. The number of nitrogens with one attached hydrogen (secondary N) is 1. The number of benzodiazepines with no additional fused rings is 1. The second-order valence-electron chi connectivity index (χ2n) is 6.56. The zero-order chi connectivity index (χ0) is 18.6. The molecule has 0 saturated carbocycles. The van der Waals surface area contributed by atoms with Crippen molar-refractivity contribution in [2.45, 2.75) is 6.04 Å². The van der Waals surface area contributed by atoms with Gasteiger partial charge in [0.05, 0.1) is 30.1 Å². The minimum Gasteiger partial charge on any atom is -0.472 e. The lowest BCUT2D eigenvalue weighted by molar-refractivity contribution is 0.0951. The molecule has 1 amide bonds. The van der Waals surface area contributed by atoms with E-state index in [0.29, 0.717) is 18.7 Å². The number of amides is 1. The van der Waals surface area contributed by atoms with E-state index in [4.69, 9.17) is 9.41 Å². The average molecular weight is 359 g/mol. The second-order valence-corrected chi connectivity index (χ2v) is 6.56. The zero-order valence-electron chi connectivity index (χ0n) is 15.1. The van der Waals surface area contributed by atoms with E-state index in [1.807, 2.05) is 30.3 Å². The number of anilines is 1. The molecule has 1 N–H and O–H groups in total. The molecule has 1 unspecified atom stereocenters. The van der Waals surface area contributed by atoms with E-state index in [2.05, 4.69) is 41.5 Å². The first-order chi connectivity index (χ1) is 13.2. The largest absolute Gasteiger partial charge is 0.472 e. The third-order valence-electron chi connectivity index (χ3n) is 4.88. The summed E-state index contributed by atoms with van der Waals surface area (Å²) in [4.78, 5) is 19.4. The van der Waals surface area contributed by atoms with E-state index in [1.54, 1.807) is 6.07 Å². The highest BCUT2D eigenvalue weighted by Gasteiger charge is 2.24. The van der Waals surface area contributed by atoms with Crippen molar-refractivity contribution < 1.29 is 9.21 Å². The number of hydrogen-bond donors (Lipinski definition) is 1. The van der Waals surface area contributed by atoms with E-state index in [1.165, 1.54) is 12.5 Å². The Hall–Kier alpha value is -3.34. The van der Waals surface area contributed by atoms with Crippen LogP contribution in [0.3, 0.4) is 0 Å². The molecule has 5 heteroatoms. The summed E-state index contributed by atoms with van der Waals surface area (Å²) < 4.78 is 4.99. The van der Waals surface area contributed by atoms with Gasteiger partial charge in [0.25, 0.3) is 5.91 Å². The maximum atomic E-state index is 12.2. The predicted molar refractivity (Wildman–Crippen MR) is 107 cm³/mol. The molecule has 136 valence electrons. The molecule has 3 aromatic rings. The summed E-state index contributed by atoms with van der Waals surface area (Å²) in [6.07, 6.45) is 2.95. The number of nitrogens with zero attached hydrogens (tertiary/aromatic N) is 2. The fourth-order valence-corrected chi connectivity index (χ4v) is 3.33. The van der Waals surface area contributed by atoms with Gasteiger partial charge >= 0.3 is 0 Å². The molecular formula is C22H21N3O2. The molecule has 1 aliphatic rings. The van der Waals surface area contributed by atoms with E-state index in [0.717, 1.165) is 22.5 Å². The molecule has 0 spiro atoms. The molecule has 0 fully saturated rings. The molecule has 1 atom stereocenters. The molecule has 27 heavy (non-hydrogen) atoms. The van der Waals surface area contributed by atoms with Gasteiger partial charge in [-0.3, -0.25) is 9.79 Å². The van der Waals surface area contributed by atoms with Crippen LogP contribution in [0, 0.1) is 0 Å². The van der Waals surface area contributed by atoms with Gasteiger partial charge in [-0.1, -0.05) is 48.5 Å². The molecule has 2 heterocycles. The molecule has 1 aliphatic heterocycles. The predicted octanol–water partition coefficient (Wildman–Crippen LogP) is 3.37. The fourth-order valence-electron chi connectivity index (χ4n) is 3.33. The number of aliphatic imine (C=N–C) groups is 1. The monoisotopic (exact) mass is 359 g/mol. The number of furan rings is 1. The molecule has 0 saturated heterocycles. The number of rotatable bonds is 4. The maximum absolute atomic E-state index is 12.2. The first-order valence-corrected chi connectivity index (χ1v) is 8.96. The van der Waals surface area contributed by atoms with Gasteiger partial charge in [-0.15, -0.1) is 0 Å². The number of fused-ring (bicyclic) bond motifs is 1. The number of carbonyl (C=O) groups is 1. The summed E-state index contributed by atoms with van der Waals surface area (Å²) in [6.45, 7) is 1.10. The van der Waals surface area contributed by atoms with Crippen molar-refractivity contribution in [3.05, 3.63) is 89.9 Å². The first-order valence-electron chi connectivity index (χ1n) is 8.96. The van der Waals surface area contributed by atoms with Crippen LogP contribution in [0.5, 0.6) is 0 Å². The Morgan fingerprint density at radius 1 is 1.15 bits per heavy atom. The Labute approximate surface area is 158 Å². The van der Waals surface area contributed by atoms with Crippen molar-refractivity contribution in [2.75, 3.05) is 25.0 Å². The van der Waals surface area contributed by atoms with Crippen LogP contribution in [0.2, 0.25) is 0 Å². The number of likely N-dealkylation sites (N-methyl/N-ethyl adjacent to an activating group) is 1. The Balaban J connectivity index is 1.61. The third kappa shape index (κ3) is 3.49. The van der Waals surface area contributed by atoms with Crippen LogP contribution in [0.1, 0.15) is 21.5 Å². The van der Waals surface area contributed by atoms with Crippen LogP contribution in [0.4, 0.5) is 5.69 Å². The molecule has 0 radical (unpaired) electrons. The number of benzene rings is 2. The highest BCUT2D eigenvalue weighted by atomic mass is 16.3. The summed E-state index contributed by atoms with van der Waals surface area (Å²) in [5, 5.41) is 2.99. The van der Waals surface area contributed by atoms with Gasteiger partial charge in [0.2, 0.25) is 0 Å². The second kappa shape index (κ2) is 7.50. The van der Waals surface area contributed by atoms with Gasteiger partial charge in [-0.05, 0) is 12.1 Å². The topological polar surface area (TPSA) is 57.8 Å². The third-order valence-corrected chi connectivity index (χ3v) is 4.88. The standard InChI is InChI=1S/C22H21N3O2/c1-25-18(14-24-22(26)17-11-12-27-15-17)13-23-21(16-7-3-2-4-8-16)19-9-5-6-10-20(19)25/h2-12,15,18H,13-14H2,1H3,(H,24,26). The molecule has 0 bridgehead atoms. The van der Waals surface area contributed by atoms with Crippen molar-refractivity contribution in [3.8, 4) is 0 Å². The molecule has 2 aromatic carbocycles. The smallest absolute Gasteiger partial charge is 0.254 e. The molecule has 1 aromatic heterocycles.